The molecule has 0 bridgehead atoms. The summed E-state index contributed by atoms with van der Waals surface area (Å²) in [4.78, 5) is 11.7. The molecule has 0 aliphatic heterocycles. The summed E-state index contributed by atoms with van der Waals surface area (Å²) in [6.07, 6.45) is 0. The predicted octanol–water partition coefficient (Wildman–Crippen LogP) is 3.19. The van der Waals surface area contributed by atoms with Crippen LogP contribution in [0.3, 0.4) is 0 Å². The summed E-state index contributed by atoms with van der Waals surface area (Å²) in [5, 5.41) is 4.84. The molecule has 0 aliphatic carbocycles. The summed E-state index contributed by atoms with van der Waals surface area (Å²) in [7, 11) is -4.10. The van der Waals surface area contributed by atoms with Crippen LogP contribution in [0.4, 0.5) is 0 Å². The van der Waals surface area contributed by atoms with Crippen molar-refractivity contribution in [2.75, 3.05) is 13.2 Å². The highest BCUT2D eigenvalue weighted by Crippen LogP contribution is 2.28. The monoisotopic (exact) mass is 403 g/mol. The maximum atomic E-state index is 12.1. The third kappa shape index (κ3) is 5.09. The van der Waals surface area contributed by atoms with Crippen molar-refractivity contribution >= 4 is 39.2 Å². The number of hydrogen-bond donors (Lipinski definition) is 1. The van der Waals surface area contributed by atoms with Gasteiger partial charge in [-0.25, -0.2) is 18.4 Å². The Morgan fingerprint density at radius 1 is 1.12 bits per heavy atom. The number of carbonyl (C=O) groups excluding carboxylic acids is 1. The summed E-state index contributed by atoms with van der Waals surface area (Å²) in [6.45, 7) is 1.98. The van der Waals surface area contributed by atoms with E-state index in [0.29, 0.717) is 5.75 Å². The van der Waals surface area contributed by atoms with Gasteiger partial charge in [0.1, 0.15) is 23.9 Å². The lowest BCUT2D eigenvalue weighted by atomic mass is 10.2. The fraction of sp³-hybridized carbons (Fsp3) is 0.188. The Labute approximate surface area is 155 Å². The van der Waals surface area contributed by atoms with Crippen LogP contribution in [-0.2, 0) is 14.8 Å². The van der Waals surface area contributed by atoms with Crippen molar-refractivity contribution in [1.82, 2.24) is 0 Å². The fourth-order valence-electron chi connectivity index (χ4n) is 1.99. The Morgan fingerprint density at radius 2 is 1.80 bits per heavy atom. The fourth-order valence-corrected chi connectivity index (χ4v) is 3.38. The number of para-hydroxylation sites is 1. The van der Waals surface area contributed by atoms with Crippen molar-refractivity contribution < 1.29 is 22.7 Å². The molecule has 0 aliphatic rings. The molecule has 2 N–H and O–H groups in total. The van der Waals surface area contributed by atoms with Crippen LogP contribution in [-0.4, -0.2) is 27.6 Å². The maximum Gasteiger partial charge on any atom is 0.339 e. The molecule has 9 heteroatoms. The molecule has 0 saturated carbocycles. The number of carbonyl (C=O) groups is 1. The van der Waals surface area contributed by atoms with Gasteiger partial charge in [0.05, 0.1) is 15.6 Å². The van der Waals surface area contributed by atoms with Gasteiger partial charge in [0, 0.05) is 0 Å². The van der Waals surface area contributed by atoms with Gasteiger partial charge in [-0.05, 0) is 30.7 Å². The van der Waals surface area contributed by atoms with E-state index in [2.05, 4.69) is 0 Å². The highest BCUT2D eigenvalue weighted by Gasteiger charge is 2.20. The van der Waals surface area contributed by atoms with Crippen LogP contribution in [0.5, 0.6) is 5.75 Å². The first-order valence-electron chi connectivity index (χ1n) is 7.07. The number of ether oxygens (including phenoxy) is 2. The number of hydrogen-bond acceptors (Lipinski definition) is 5. The molecule has 0 amide bonds. The minimum atomic E-state index is -4.10. The van der Waals surface area contributed by atoms with Crippen LogP contribution in [0.15, 0.2) is 41.3 Å². The quantitative estimate of drug-likeness (QED) is 0.589. The van der Waals surface area contributed by atoms with E-state index in [1.54, 1.807) is 6.07 Å². The lowest BCUT2D eigenvalue weighted by molar-refractivity contribution is 0.0450. The van der Waals surface area contributed by atoms with E-state index in [1.165, 1.54) is 0 Å². The second-order valence-electron chi connectivity index (χ2n) is 5.06. The minimum Gasteiger partial charge on any atom is -0.490 e. The van der Waals surface area contributed by atoms with Crippen LogP contribution in [0.2, 0.25) is 10.0 Å². The summed E-state index contributed by atoms with van der Waals surface area (Å²) >= 11 is 11.7. The SMILES string of the molecule is Cc1ccccc1OCCOC(=O)c1cc(S(N)(=O)=O)c(Cl)cc1Cl. The highest BCUT2D eigenvalue weighted by atomic mass is 35.5. The molecule has 0 fully saturated rings. The number of rotatable bonds is 6. The van der Waals surface area contributed by atoms with Crippen LogP contribution >= 0.6 is 23.2 Å². The molecule has 0 aromatic heterocycles. The van der Waals surface area contributed by atoms with Crippen molar-refractivity contribution in [1.29, 1.82) is 0 Å². The lowest BCUT2D eigenvalue weighted by Gasteiger charge is -2.11. The van der Waals surface area contributed by atoms with Crippen molar-refractivity contribution in [3.63, 3.8) is 0 Å². The molecule has 6 nitrogen and oxygen atoms in total. The molecule has 134 valence electrons. The summed E-state index contributed by atoms with van der Waals surface area (Å²) < 4.78 is 33.5. The Balaban J connectivity index is 2.03. The Kier molecular flexibility index (Phi) is 6.29. The highest BCUT2D eigenvalue weighted by molar-refractivity contribution is 7.89. The van der Waals surface area contributed by atoms with E-state index in [9.17, 15) is 13.2 Å². The minimum absolute atomic E-state index is 0.0396. The average molecular weight is 404 g/mol. The Hall–Kier alpha value is -1.80. The summed E-state index contributed by atoms with van der Waals surface area (Å²) in [6, 6.07) is 9.52. The molecule has 0 heterocycles. The van der Waals surface area contributed by atoms with E-state index in [-0.39, 0.29) is 28.8 Å². The molecule has 0 saturated heterocycles. The number of sulfonamides is 1. The zero-order valence-corrected chi connectivity index (χ0v) is 15.5. The normalized spacial score (nSPS) is 11.2. The number of nitrogens with two attached hydrogens (primary N) is 1. The number of esters is 1. The van der Waals surface area contributed by atoms with Gasteiger partial charge in [-0.1, -0.05) is 41.4 Å². The first kappa shape index (κ1) is 19.5. The number of halogens is 2. The first-order chi connectivity index (χ1) is 11.7. The van der Waals surface area contributed by atoms with Crippen molar-refractivity contribution in [3.05, 3.63) is 57.6 Å². The van der Waals surface area contributed by atoms with Gasteiger partial charge in [-0.15, -0.1) is 0 Å². The van der Waals surface area contributed by atoms with Crippen molar-refractivity contribution in [3.8, 4) is 5.75 Å². The zero-order valence-electron chi connectivity index (χ0n) is 13.2. The van der Waals surface area contributed by atoms with Crippen LogP contribution in [0, 0.1) is 6.92 Å². The molecular formula is C16H15Cl2NO5S. The third-order valence-electron chi connectivity index (χ3n) is 3.22. The standard InChI is InChI=1S/C16H15Cl2NO5S/c1-10-4-2-3-5-14(10)23-6-7-24-16(20)11-8-15(25(19,21)22)13(18)9-12(11)17/h2-5,8-9H,6-7H2,1H3,(H2,19,21,22). The van der Waals surface area contributed by atoms with Crippen molar-refractivity contribution in [2.45, 2.75) is 11.8 Å². The van der Waals surface area contributed by atoms with E-state index < -0.39 is 20.9 Å². The topological polar surface area (TPSA) is 95.7 Å². The molecule has 0 atom stereocenters. The molecule has 25 heavy (non-hydrogen) atoms. The van der Waals surface area contributed by atoms with Gasteiger partial charge in [0.15, 0.2) is 0 Å². The van der Waals surface area contributed by atoms with Crippen LogP contribution in [0.25, 0.3) is 0 Å². The number of benzene rings is 2. The van der Waals surface area contributed by atoms with E-state index in [4.69, 9.17) is 37.8 Å². The van der Waals surface area contributed by atoms with Crippen LogP contribution in [0.1, 0.15) is 15.9 Å². The first-order valence-corrected chi connectivity index (χ1v) is 9.38. The molecular weight excluding hydrogens is 389 g/mol. The Morgan fingerprint density at radius 3 is 2.44 bits per heavy atom. The zero-order chi connectivity index (χ0) is 18.6. The summed E-state index contributed by atoms with van der Waals surface area (Å²) in [5.41, 5.74) is 0.804. The van der Waals surface area contributed by atoms with Gasteiger partial charge in [0.2, 0.25) is 10.0 Å². The Bertz CT molecular complexity index is 899. The summed E-state index contributed by atoms with van der Waals surface area (Å²) in [5.74, 6) is -0.125. The van der Waals surface area contributed by atoms with Gasteiger partial charge < -0.3 is 9.47 Å². The van der Waals surface area contributed by atoms with Crippen LogP contribution < -0.4 is 9.88 Å². The van der Waals surface area contributed by atoms with E-state index >= 15 is 0 Å². The van der Waals surface area contributed by atoms with E-state index in [0.717, 1.165) is 17.7 Å². The predicted molar refractivity (Wildman–Crippen MR) is 94.8 cm³/mol. The maximum absolute atomic E-state index is 12.1. The van der Waals surface area contributed by atoms with Gasteiger partial charge >= 0.3 is 5.97 Å². The van der Waals surface area contributed by atoms with Gasteiger partial charge in [0.25, 0.3) is 0 Å². The largest absolute Gasteiger partial charge is 0.490 e. The van der Waals surface area contributed by atoms with Gasteiger partial charge in [-0.2, -0.15) is 0 Å². The second kappa shape index (κ2) is 8.05. The second-order valence-corrected chi connectivity index (χ2v) is 7.40. The lowest BCUT2D eigenvalue weighted by Crippen LogP contribution is -2.16. The number of primary sulfonamides is 1. The smallest absolute Gasteiger partial charge is 0.339 e. The molecule has 0 unspecified atom stereocenters. The molecule has 0 spiro atoms. The third-order valence-corrected chi connectivity index (χ3v) is 4.90. The molecule has 0 radical (unpaired) electrons. The molecule has 2 aromatic carbocycles. The van der Waals surface area contributed by atoms with Gasteiger partial charge in [-0.3, -0.25) is 0 Å². The van der Waals surface area contributed by atoms with E-state index in [1.807, 2.05) is 25.1 Å². The molecule has 2 rings (SSSR count). The number of aryl methyl sites for hydroxylation is 1. The average Bonchev–Trinajstić information content (AvgIpc) is 2.51. The van der Waals surface area contributed by atoms with Crippen molar-refractivity contribution in [2.24, 2.45) is 5.14 Å². The molecule has 2 aromatic rings.